The van der Waals surface area contributed by atoms with E-state index in [0.29, 0.717) is 37.7 Å². The Kier molecular flexibility index (Phi) is 6.65. The molecule has 0 bridgehead atoms. The molecule has 1 aliphatic heterocycles. The largest absolute Gasteiger partial charge is 0.472 e. The van der Waals surface area contributed by atoms with Crippen LogP contribution in [0, 0.1) is 12.7 Å². The molecule has 1 aliphatic rings. The first-order valence-corrected chi connectivity index (χ1v) is 9.88. The number of hydrogen-bond acceptors (Lipinski definition) is 3. The van der Waals surface area contributed by atoms with Gasteiger partial charge in [0.05, 0.1) is 18.8 Å². The Morgan fingerprint density at radius 1 is 1.07 bits per heavy atom. The number of nitrogens with zero attached hydrogens (tertiary/aromatic N) is 3. The summed E-state index contributed by atoms with van der Waals surface area (Å²) < 4.78 is 20.7. The van der Waals surface area contributed by atoms with E-state index in [9.17, 15) is 9.18 Å². The van der Waals surface area contributed by atoms with Crippen LogP contribution in [0.5, 0.6) is 5.88 Å². The summed E-state index contributed by atoms with van der Waals surface area (Å²) in [5.41, 5.74) is 3.71. The fraction of sp³-hybridized carbons (Fsp3) is 0.304. The van der Waals surface area contributed by atoms with Crippen LogP contribution in [0.2, 0.25) is 0 Å². The van der Waals surface area contributed by atoms with Crippen molar-refractivity contribution in [3.05, 3.63) is 82.8 Å². The second-order valence-electron chi connectivity index (χ2n) is 6.70. The molecule has 0 fully saturated rings. The minimum atomic E-state index is -0.348. The number of aromatic nitrogens is 2. The molecule has 3 aromatic rings. The molecule has 0 atom stereocenters. The zero-order valence-corrected chi connectivity index (χ0v) is 17.1. The van der Waals surface area contributed by atoms with Gasteiger partial charge in [0.15, 0.2) is 0 Å². The van der Waals surface area contributed by atoms with Gasteiger partial charge in [0.2, 0.25) is 5.88 Å². The van der Waals surface area contributed by atoms with Gasteiger partial charge in [0, 0.05) is 18.2 Å². The van der Waals surface area contributed by atoms with Gasteiger partial charge in [0.1, 0.15) is 12.4 Å². The smallest absolute Gasteiger partial charge is 0.254 e. The molecule has 4 rings (SSSR count). The number of carbonyl (C=O) groups excluding carboxylic acids is 1. The summed E-state index contributed by atoms with van der Waals surface area (Å²) >= 11 is 0. The van der Waals surface area contributed by atoms with E-state index >= 15 is 0 Å². The first-order chi connectivity index (χ1) is 14.1. The second-order valence-corrected chi connectivity index (χ2v) is 6.70. The molecule has 0 spiro atoms. The molecule has 2 aromatic carbocycles. The number of fused-ring (bicyclic) bond motifs is 1. The number of hydrogen-bond donors (Lipinski definition) is 0. The molecule has 0 unspecified atom stereocenters. The fourth-order valence-electron chi connectivity index (χ4n) is 3.10. The topological polar surface area (TPSA) is 47.4 Å². The fourth-order valence-corrected chi connectivity index (χ4v) is 3.10. The van der Waals surface area contributed by atoms with Gasteiger partial charge in [-0.1, -0.05) is 43.7 Å². The lowest BCUT2D eigenvalue weighted by molar-refractivity contribution is 0.0706. The average molecular weight is 395 g/mol. The first kappa shape index (κ1) is 20.6. The van der Waals surface area contributed by atoms with E-state index in [1.54, 1.807) is 4.90 Å². The summed E-state index contributed by atoms with van der Waals surface area (Å²) in [7, 11) is 0. The molecule has 0 aliphatic carbocycles. The van der Waals surface area contributed by atoms with Crippen molar-refractivity contribution in [3.63, 3.8) is 0 Å². The van der Waals surface area contributed by atoms with E-state index in [-0.39, 0.29) is 11.7 Å². The number of amides is 1. The number of benzene rings is 2. The van der Waals surface area contributed by atoms with Crippen LogP contribution in [0.3, 0.4) is 0 Å². The first-order valence-electron chi connectivity index (χ1n) is 9.88. The number of carbonyl (C=O) groups is 1. The molecule has 1 amide bonds. The van der Waals surface area contributed by atoms with Gasteiger partial charge in [-0.25, -0.2) is 4.39 Å². The van der Waals surface area contributed by atoms with Gasteiger partial charge >= 0.3 is 0 Å². The van der Waals surface area contributed by atoms with Crippen LogP contribution >= 0.6 is 0 Å². The van der Waals surface area contributed by atoms with Gasteiger partial charge < -0.3 is 9.64 Å². The molecular formula is C23H26FN3O2. The van der Waals surface area contributed by atoms with Crippen LogP contribution in [0.15, 0.2) is 54.6 Å². The summed E-state index contributed by atoms with van der Waals surface area (Å²) in [6, 6.07) is 15.7. The molecule has 1 aromatic heterocycles. The Morgan fingerprint density at radius 2 is 1.76 bits per heavy atom. The van der Waals surface area contributed by atoms with Gasteiger partial charge in [-0.15, -0.1) is 5.10 Å². The third kappa shape index (κ3) is 5.02. The standard InChI is InChI=1S/C21H20FN3O2.C2H6/c1-15-2-4-16(5-3-15)14-27-20-12-19-13-24(10-11-25(19)23-20)21(26)17-6-8-18(22)9-7-17;1-2/h2-9,12H,10-11,13-14H2,1H3;1-2H3. The maximum absolute atomic E-state index is 13.1. The quantitative estimate of drug-likeness (QED) is 0.649. The Balaban J connectivity index is 0.00000117. The highest BCUT2D eigenvalue weighted by atomic mass is 19.1. The molecule has 29 heavy (non-hydrogen) atoms. The van der Waals surface area contributed by atoms with Crippen molar-refractivity contribution in [3.8, 4) is 5.88 Å². The Bertz CT molecular complexity index is 949. The van der Waals surface area contributed by atoms with Crippen LogP contribution in [-0.2, 0) is 19.7 Å². The number of aryl methyl sites for hydroxylation is 1. The van der Waals surface area contributed by atoms with E-state index in [1.807, 2.05) is 43.7 Å². The van der Waals surface area contributed by atoms with E-state index in [1.165, 1.54) is 29.8 Å². The molecule has 0 saturated carbocycles. The third-order valence-electron chi connectivity index (χ3n) is 4.66. The van der Waals surface area contributed by atoms with Gasteiger partial charge in [-0.05, 0) is 36.8 Å². The van der Waals surface area contributed by atoms with Crippen LogP contribution in [0.1, 0.15) is 41.0 Å². The molecule has 0 saturated heterocycles. The maximum atomic E-state index is 13.1. The number of rotatable bonds is 4. The van der Waals surface area contributed by atoms with Crippen LogP contribution in [0.4, 0.5) is 4.39 Å². The second kappa shape index (κ2) is 9.37. The van der Waals surface area contributed by atoms with Crippen LogP contribution in [-0.4, -0.2) is 27.1 Å². The minimum Gasteiger partial charge on any atom is -0.472 e. The Morgan fingerprint density at radius 3 is 2.45 bits per heavy atom. The van der Waals surface area contributed by atoms with Crippen molar-refractivity contribution < 1.29 is 13.9 Å². The van der Waals surface area contributed by atoms with Crippen molar-refractivity contribution in [2.45, 2.75) is 40.5 Å². The Labute approximate surface area is 170 Å². The molecule has 0 N–H and O–H groups in total. The monoisotopic (exact) mass is 395 g/mol. The van der Waals surface area contributed by atoms with Gasteiger partial charge in [-0.3, -0.25) is 9.48 Å². The lowest BCUT2D eigenvalue weighted by atomic mass is 10.1. The van der Waals surface area contributed by atoms with Crippen molar-refractivity contribution in [1.82, 2.24) is 14.7 Å². The van der Waals surface area contributed by atoms with Crippen LogP contribution < -0.4 is 4.74 Å². The predicted molar refractivity (Wildman–Crippen MR) is 110 cm³/mol. The Hall–Kier alpha value is -3.15. The molecular weight excluding hydrogens is 369 g/mol. The lowest BCUT2D eigenvalue weighted by Crippen LogP contribution is -2.38. The van der Waals surface area contributed by atoms with Crippen molar-refractivity contribution in [2.24, 2.45) is 0 Å². The molecule has 2 heterocycles. The summed E-state index contributed by atoms with van der Waals surface area (Å²) in [6.07, 6.45) is 0. The van der Waals surface area contributed by atoms with Crippen LogP contribution in [0.25, 0.3) is 0 Å². The summed E-state index contributed by atoms with van der Waals surface area (Å²) in [4.78, 5) is 14.4. The zero-order valence-electron chi connectivity index (χ0n) is 17.1. The molecule has 152 valence electrons. The van der Waals surface area contributed by atoms with E-state index in [0.717, 1.165) is 11.3 Å². The summed E-state index contributed by atoms with van der Waals surface area (Å²) in [5, 5.41) is 4.47. The zero-order chi connectivity index (χ0) is 20.8. The van der Waals surface area contributed by atoms with E-state index in [4.69, 9.17) is 4.74 Å². The highest BCUT2D eigenvalue weighted by Crippen LogP contribution is 2.20. The number of halogens is 1. The summed E-state index contributed by atoms with van der Waals surface area (Å²) in [5.74, 6) is 0.102. The molecule has 6 heteroatoms. The lowest BCUT2D eigenvalue weighted by Gasteiger charge is -2.27. The van der Waals surface area contributed by atoms with Crippen molar-refractivity contribution in [1.29, 1.82) is 0 Å². The maximum Gasteiger partial charge on any atom is 0.254 e. The average Bonchev–Trinajstić information content (AvgIpc) is 3.17. The predicted octanol–water partition coefficient (Wildman–Crippen LogP) is 4.59. The molecule has 5 nitrogen and oxygen atoms in total. The number of ether oxygens (including phenoxy) is 1. The highest BCUT2D eigenvalue weighted by molar-refractivity contribution is 5.94. The SMILES string of the molecule is CC.Cc1ccc(COc2cc3n(n2)CCN(C(=O)c2ccc(F)cc2)C3)cc1. The van der Waals surface area contributed by atoms with Gasteiger partial charge in [-0.2, -0.15) is 0 Å². The van der Waals surface area contributed by atoms with Gasteiger partial charge in [0.25, 0.3) is 5.91 Å². The third-order valence-corrected chi connectivity index (χ3v) is 4.66. The molecule has 0 radical (unpaired) electrons. The highest BCUT2D eigenvalue weighted by Gasteiger charge is 2.23. The van der Waals surface area contributed by atoms with Crippen molar-refractivity contribution in [2.75, 3.05) is 6.54 Å². The van der Waals surface area contributed by atoms with E-state index < -0.39 is 0 Å². The minimum absolute atomic E-state index is 0.107. The summed E-state index contributed by atoms with van der Waals surface area (Å²) in [6.45, 7) is 8.12. The van der Waals surface area contributed by atoms with E-state index in [2.05, 4.69) is 17.2 Å². The normalized spacial score (nSPS) is 12.6. The van der Waals surface area contributed by atoms with Crippen molar-refractivity contribution >= 4 is 5.91 Å².